The predicted molar refractivity (Wildman–Crippen MR) is 121 cm³/mol. The van der Waals surface area contributed by atoms with E-state index >= 15 is 0 Å². The van der Waals surface area contributed by atoms with Gasteiger partial charge in [-0.2, -0.15) is 11.8 Å². The van der Waals surface area contributed by atoms with Gasteiger partial charge in [0.25, 0.3) is 0 Å². The summed E-state index contributed by atoms with van der Waals surface area (Å²) in [5.41, 5.74) is -0.725. The molecule has 3 N–H and O–H groups in total. The van der Waals surface area contributed by atoms with Crippen LogP contribution < -0.4 is 10.6 Å². The van der Waals surface area contributed by atoms with Gasteiger partial charge in [0.2, 0.25) is 11.8 Å². The number of carbonyl (C=O) groups is 2. The predicted octanol–water partition coefficient (Wildman–Crippen LogP) is 0.835. The second-order valence-corrected chi connectivity index (χ2v) is 9.08. The number of nitrogens with one attached hydrogen (secondary N) is 2. The molecule has 2 bridgehead atoms. The fraction of sp³-hybridized carbons (Fsp3) is 0.737. The van der Waals surface area contributed by atoms with Crippen LogP contribution in [0.2, 0.25) is 0 Å². The zero-order valence-electron chi connectivity index (χ0n) is 16.1. The van der Waals surface area contributed by atoms with Gasteiger partial charge < -0.3 is 15.7 Å². The van der Waals surface area contributed by atoms with Crippen molar-refractivity contribution < 1.29 is 14.7 Å². The first kappa shape index (κ1) is 21.9. The topological polar surface area (TPSA) is 94.0 Å². The Morgan fingerprint density at radius 3 is 2.54 bits per heavy atom. The van der Waals surface area contributed by atoms with E-state index in [4.69, 9.17) is 0 Å². The number of nitrogens with zero attached hydrogens (tertiary/aromatic N) is 2. The fourth-order valence-corrected chi connectivity index (χ4v) is 6.04. The summed E-state index contributed by atoms with van der Waals surface area (Å²) in [4.78, 5) is 31.3. The highest BCUT2D eigenvalue weighted by Gasteiger charge is 2.58. The lowest BCUT2D eigenvalue weighted by molar-refractivity contribution is -0.140. The van der Waals surface area contributed by atoms with Crippen molar-refractivity contribution in [1.29, 1.82) is 0 Å². The van der Waals surface area contributed by atoms with Gasteiger partial charge in [-0.05, 0) is 37.4 Å². The van der Waals surface area contributed by atoms with Crippen LogP contribution in [0.25, 0.3) is 0 Å². The first-order chi connectivity index (χ1) is 13.0. The first-order valence-corrected chi connectivity index (χ1v) is 11.0. The van der Waals surface area contributed by atoms with Crippen LogP contribution in [-0.2, 0) is 9.59 Å². The molecule has 156 valence electrons. The van der Waals surface area contributed by atoms with Crippen LogP contribution in [0, 0.1) is 23.7 Å². The SMILES string of the molecule is CCNC(=NCC1(O)CCSC1)NCCN1C(=O)C2C3C=CC(C3)C2C1=O.I. The van der Waals surface area contributed by atoms with Crippen molar-refractivity contribution in [2.24, 2.45) is 28.7 Å². The summed E-state index contributed by atoms with van der Waals surface area (Å²) in [6, 6.07) is 0. The number of imide groups is 1. The second-order valence-electron chi connectivity index (χ2n) is 7.98. The van der Waals surface area contributed by atoms with Gasteiger partial charge in [-0.25, -0.2) is 0 Å². The molecule has 0 aromatic carbocycles. The average Bonchev–Trinajstić information content (AvgIpc) is 3.41. The molecule has 5 unspecified atom stereocenters. The summed E-state index contributed by atoms with van der Waals surface area (Å²) in [5.74, 6) is 2.50. The number of guanidine groups is 1. The number of halogens is 1. The van der Waals surface area contributed by atoms with Gasteiger partial charge in [0.15, 0.2) is 5.96 Å². The lowest BCUT2D eigenvalue weighted by Crippen LogP contribution is -2.44. The summed E-state index contributed by atoms with van der Waals surface area (Å²) in [5, 5.41) is 16.8. The Morgan fingerprint density at radius 1 is 1.29 bits per heavy atom. The van der Waals surface area contributed by atoms with Crippen LogP contribution in [0.4, 0.5) is 0 Å². The van der Waals surface area contributed by atoms with Crippen LogP contribution in [0.3, 0.4) is 0 Å². The van der Waals surface area contributed by atoms with Gasteiger partial charge in [0.05, 0.1) is 24.0 Å². The molecule has 2 aliphatic heterocycles. The lowest BCUT2D eigenvalue weighted by Gasteiger charge is -2.21. The number of hydrogen-bond acceptors (Lipinski definition) is 5. The van der Waals surface area contributed by atoms with Crippen molar-refractivity contribution in [2.45, 2.75) is 25.4 Å². The van der Waals surface area contributed by atoms with E-state index in [9.17, 15) is 14.7 Å². The number of amides is 2. The molecule has 4 rings (SSSR count). The summed E-state index contributed by atoms with van der Waals surface area (Å²) >= 11 is 1.75. The molecular formula is C19H29IN4O3S. The minimum atomic E-state index is -0.725. The zero-order valence-corrected chi connectivity index (χ0v) is 19.2. The summed E-state index contributed by atoms with van der Waals surface area (Å²) < 4.78 is 0. The second kappa shape index (κ2) is 8.91. The van der Waals surface area contributed by atoms with Crippen molar-refractivity contribution in [3.63, 3.8) is 0 Å². The highest BCUT2D eigenvalue weighted by Crippen LogP contribution is 2.52. The van der Waals surface area contributed by atoms with Crippen LogP contribution in [0.15, 0.2) is 17.1 Å². The average molecular weight is 520 g/mol. The maximum atomic E-state index is 12.7. The Kier molecular flexibility index (Phi) is 6.96. The number of rotatable bonds is 6. The maximum Gasteiger partial charge on any atom is 0.233 e. The van der Waals surface area contributed by atoms with Gasteiger partial charge in [0.1, 0.15) is 0 Å². The molecule has 2 aliphatic carbocycles. The number of allylic oxidation sites excluding steroid dienone is 2. The smallest absolute Gasteiger partial charge is 0.233 e. The van der Waals surface area contributed by atoms with Gasteiger partial charge in [-0.1, -0.05) is 12.2 Å². The van der Waals surface area contributed by atoms with Gasteiger partial charge in [-0.15, -0.1) is 24.0 Å². The molecule has 2 heterocycles. The quantitative estimate of drug-likeness (QED) is 0.158. The molecule has 2 saturated heterocycles. The van der Waals surface area contributed by atoms with Crippen LogP contribution in [-0.4, -0.2) is 71.1 Å². The van der Waals surface area contributed by atoms with Gasteiger partial charge in [0, 0.05) is 25.4 Å². The third kappa shape index (κ3) is 4.07. The van der Waals surface area contributed by atoms with E-state index in [2.05, 4.69) is 27.8 Å². The molecule has 3 fully saturated rings. The third-order valence-corrected chi connectivity index (χ3v) is 7.38. The Labute approximate surface area is 187 Å². The fourth-order valence-electron chi connectivity index (χ4n) is 4.76. The van der Waals surface area contributed by atoms with E-state index in [0.29, 0.717) is 37.9 Å². The van der Waals surface area contributed by atoms with Crippen molar-refractivity contribution in [2.75, 3.05) is 37.7 Å². The molecular weight excluding hydrogens is 491 g/mol. The van der Waals surface area contributed by atoms with Crippen LogP contribution in [0.5, 0.6) is 0 Å². The zero-order chi connectivity index (χ0) is 19.0. The molecule has 1 saturated carbocycles. The molecule has 28 heavy (non-hydrogen) atoms. The molecule has 0 aromatic rings. The molecule has 4 aliphatic rings. The third-order valence-electron chi connectivity index (χ3n) is 6.15. The molecule has 0 aromatic heterocycles. The number of carbonyl (C=O) groups excluding carboxylic acids is 2. The molecule has 2 amide bonds. The van der Waals surface area contributed by atoms with E-state index in [0.717, 1.165) is 18.6 Å². The van der Waals surface area contributed by atoms with E-state index in [1.165, 1.54) is 4.90 Å². The van der Waals surface area contributed by atoms with Crippen molar-refractivity contribution >= 4 is 53.5 Å². The summed E-state index contributed by atoms with van der Waals surface area (Å²) in [7, 11) is 0. The number of likely N-dealkylation sites (tertiary alicyclic amines) is 1. The van der Waals surface area contributed by atoms with Crippen molar-refractivity contribution in [1.82, 2.24) is 15.5 Å². The Bertz CT molecular complexity index is 650. The summed E-state index contributed by atoms with van der Waals surface area (Å²) in [6.07, 6.45) is 5.94. The van der Waals surface area contributed by atoms with Crippen molar-refractivity contribution in [3.05, 3.63) is 12.2 Å². The van der Waals surface area contributed by atoms with Crippen LogP contribution in [0.1, 0.15) is 19.8 Å². The number of hydrogen-bond donors (Lipinski definition) is 3. The van der Waals surface area contributed by atoms with Crippen LogP contribution >= 0.6 is 35.7 Å². The largest absolute Gasteiger partial charge is 0.387 e. The monoisotopic (exact) mass is 520 g/mol. The molecule has 0 radical (unpaired) electrons. The van der Waals surface area contributed by atoms with Gasteiger partial charge in [-0.3, -0.25) is 19.5 Å². The van der Waals surface area contributed by atoms with E-state index in [1.54, 1.807) is 11.8 Å². The number of fused-ring (bicyclic) bond motifs is 5. The van der Waals surface area contributed by atoms with Crippen molar-refractivity contribution in [3.8, 4) is 0 Å². The molecule has 0 spiro atoms. The van der Waals surface area contributed by atoms with Gasteiger partial charge >= 0.3 is 0 Å². The highest BCUT2D eigenvalue weighted by molar-refractivity contribution is 14.0. The number of thioether (sulfide) groups is 1. The number of aliphatic hydroxyl groups is 1. The highest BCUT2D eigenvalue weighted by atomic mass is 127. The Hall–Kier alpha value is -0.810. The van der Waals surface area contributed by atoms with E-state index in [1.807, 2.05) is 6.92 Å². The molecule has 7 nitrogen and oxygen atoms in total. The number of aliphatic imine (C=N–C) groups is 1. The Morgan fingerprint density at radius 2 is 1.96 bits per heavy atom. The molecule has 9 heteroatoms. The lowest BCUT2D eigenvalue weighted by atomic mass is 9.85. The standard InChI is InChI=1S/C19H28N4O3S.HI/c1-2-20-18(22-10-19(26)5-8-27-11-19)21-6-7-23-16(24)14-12-3-4-13(9-12)15(14)17(23)25;/h3-4,12-15,26H,2,5-11H2,1H3,(H2,20,21,22);1H. The van der Waals surface area contributed by atoms with E-state index in [-0.39, 0.29) is 59.5 Å². The first-order valence-electron chi connectivity index (χ1n) is 9.88. The Balaban J connectivity index is 0.00000225. The minimum Gasteiger partial charge on any atom is -0.387 e. The normalized spacial score (nSPS) is 36.1. The summed E-state index contributed by atoms with van der Waals surface area (Å²) in [6.45, 7) is 3.86. The van der Waals surface area contributed by atoms with E-state index < -0.39 is 5.60 Å². The molecule has 5 atom stereocenters. The minimum absolute atomic E-state index is 0. The maximum absolute atomic E-state index is 12.7.